The zero-order valence-corrected chi connectivity index (χ0v) is 8.93. The average molecular weight is 253 g/mol. The highest BCUT2D eigenvalue weighted by Gasteiger charge is 2.31. The topological polar surface area (TPSA) is 37.3 Å². The van der Waals surface area contributed by atoms with E-state index in [1.165, 1.54) is 6.92 Å². The third-order valence-corrected chi connectivity index (χ3v) is 2.15. The molecule has 16 heavy (non-hydrogen) atoms. The SMILES string of the molecule is CC(Cl)C(=O)c1ccc(C(F)(F)F)cc1O. The highest BCUT2D eigenvalue weighted by molar-refractivity contribution is 6.33. The number of halogens is 4. The van der Waals surface area contributed by atoms with E-state index in [9.17, 15) is 23.1 Å². The Morgan fingerprint density at radius 2 is 2.00 bits per heavy atom. The standard InChI is InChI=1S/C10H8ClF3O2/c1-5(11)9(16)7-3-2-6(4-8(7)15)10(12,13)14/h2-5,15H,1H3. The van der Waals surface area contributed by atoms with Gasteiger partial charge in [-0.25, -0.2) is 0 Å². The van der Waals surface area contributed by atoms with E-state index in [0.29, 0.717) is 6.07 Å². The predicted molar refractivity (Wildman–Crippen MR) is 52.8 cm³/mol. The molecule has 0 aliphatic heterocycles. The second kappa shape index (κ2) is 4.33. The van der Waals surface area contributed by atoms with E-state index in [1.54, 1.807) is 0 Å². The summed E-state index contributed by atoms with van der Waals surface area (Å²) in [6.45, 7) is 1.38. The fourth-order valence-corrected chi connectivity index (χ4v) is 1.25. The van der Waals surface area contributed by atoms with Crippen LogP contribution in [0.2, 0.25) is 0 Å². The van der Waals surface area contributed by atoms with Gasteiger partial charge in [-0.15, -0.1) is 11.6 Å². The molecule has 0 saturated heterocycles. The molecule has 0 radical (unpaired) electrons. The zero-order valence-electron chi connectivity index (χ0n) is 8.18. The van der Waals surface area contributed by atoms with Crippen LogP contribution in [0.1, 0.15) is 22.8 Å². The van der Waals surface area contributed by atoms with Crippen LogP contribution in [0.25, 0.3) is 0 Å². The van der Waals surface area contributed by atoms with Gasteiger partial charge in [0.2, 0.25) is 0 Å². The van der Waals surface area contributed by atoms with Crippen LogP contribution >= 0.6 is 11.6 Å². The Balaban J connectivity index is 3.15. The van der Waals surface area contributed by atoms with E-state index in [0.717, 1.165) is 12.1 Å². The summed E-state index contributed by atoms with van der Waals surface area (Å²) in [4.78, 5) is 11.4. The van der Waals surface area contributed by atoms with Crippen LogP contribution in [0.5, 0.6) is 5.75 Å². The van der Waals surface area contributed by atoms with Crippen molar-refractivity contribution in [2.45, 2.75) is 18.5 Å². The summed E-state index contributed by atoms with van der Waals surface area (Å²) >= 11 is 5.48. The van der Waals surface area contributed by atoms with Gasteiger partial charge in [0.15, 0.2) is 5.78 Å². The van der Waals surface area contributed by atoms with Gasteiger partial charge in [0.25, 0.3) is 0 Å². The predicted octanol–water partition coefficient (Wildman–Crippen LogP) is 3.22. The summed E-state index contributed by atoms with van der Waals surface area (Å²) in [6, 6.07) is 2.15. The molecule has 2 nitrogen and oxygen atoms in total. The van der Waals surface area contributed by atoms with Gasteiger partial charge in [-0.2, -0.15) is 13.2 Å². The Morgan fingerprint density at radius 3 is 2.38 bits per heavy atom. The highest BCUT2D eigenvalue weighted by Crippen LogP contribution is 2.33. The Bertz CT molecular complexity index is 413. The molecule has 1 aromatic carbocycles. The van der Waals surface area contributed by atoms with Crippen molar-refractivity contribution < 1.29 is 23.1 Å². The van der Waals surface area contributed by atoms with Crippen molar-refractivity contribution in [3.63, 3.8) is 0 Å². The van der Waals surface area contributed by atoms with Crippen LogP contribution in [0.15, 0.2) is 18.2 Å². The molecule has 0 amide bonds. The van der Waals surface area contributed by atoms with E-state index in [-0.39, 0.29) is 5.56 Å². The quantitative estimate of drug-likeness (QED) is 0.648. The summed E-state index contributed by atoms with van der Waals surface area (Å²) in [5.74, 6) is -1.33. The third-order valence-electron chi connectivity index (χ3n) is 1.95. The lowest BCUT2D eigenvalue weighted by molar-refractivity contribution is -0.137. The number of phenols is 1. The lowest BCUT2D eigenvalue weighted by Gasteiger charge is -2.10. The van der Waals surface area contributed by atoms with Crippen LogP contribution < -0.4 is 0 Å². The first-order valence-corrected chi connectivity index (χ1v) is 4.75. The molecule has 1 N–H and O–H groups in total. The monoisotopic (exact) mass is 252 g/mol. The molecule has 0 fully saturated rings. The number of hydrogen-bond acceptors (Lipinski definition) is 2. The Labute approximate surface area is 94.6 Å². The fourth-order valence-electron chi connectivity index (χ4n) is 1.13. The molecule has 0 spiro atoms. The molecule has 1 rings (SSSR count). The van der Waals surface area contributed by atoms with Crippen LogP contribution in [0, 0.1) is 0 Å². The molecule has 1 unspecified atom stereocenters. The minimum atomic E-state index is -4.55. The van der Waals surface area contributed by atoms with E-state index in [1.807, 2.05) is 0 Å². The maximum Gasteiger partial charge on any atom is 0.416 e. The van der Waals surface area contributed by atoms with E-state index in [2.05, 4.69) is 0 Å². The first kappa shape index (κ1) is 12.8. The number of ketones is 1. The molecule has 1 atom stereocenters. The highest BCUT2D eigenvalue weighted by atomic mass is 35.5. The number of aromatic hydroxyl groups is 1. The van der Waals surface area contributed by atoms with Crippen molar-refractivity contribution >= 4 is 17.4 Å². The average Bonchev–Trinajstić information content (AvgIpc) is 2.15. The van der Waals surface area contributed by atoms with Crippen LogP contribution in [-0.2, 0) is 6.18 Å². The molecule has 0 aromatic heterocycles. The first-order valence-electron chi connectivity index (χ1n) is 4.32. The van der Waals surface area contributed by atoms with Gasteiger partial charge >= 0.3 is 6.18 Å². The molecular weight excluding hydrogens is 245 g/mol. The number of phenolic OH excluding ortho intramolecular Hbond substituents is 1. The number of alkyl halides is 4. The molecule has 6 heteroatoms. The normalized spacial score (nSPS) is 13.6. The van der Waals surface area contributed by atoms with E-state index in [4.69, 9.17) is 11.6 Å². The summed E-state index contributed by atoms with van der Waals surface area (Å²) in [5.41, 5.74) is -1.22. The molecule has 0 aliphatic carbocycles. The minimum absolute atomic E-state index is 0.212. The number of rotatable bonds is 2. The maximum atomic E-state index is 12.2. The third kappa shape index (κ3) is 2.66. The summed E-state index contributed by atoms with van der Waals surface area (Å²) in [6.07, 6.45) is -4.55. The Morgan fingerprint density at radius 1 is 1.44 bits per heavy atom. The van der Waals surface area contributed by atoms with Crippen molar-refractivity contribution in [2.24, 2.45) is 0 Å². The van der Waals surface area contributed by atoms with Crippen molar-refractivity contribution in [3.05, 3.63) is 29.3 Å². The Hall–Kier alpha value is -1.23. The number of benzene rings is 1. The second-order valence-electron chi connectivity index (χ2n) is 3.21. The lowest BCUT2D eigenvalue weighted by atomic mass is 10.0. The van der Waals surface area contributed by atoms with Gasteiger partial charge in [0, 0.05) is 0 Å². The summed E-state index contributed by atoms with van der Waals surface area (Å²) < 4.78 is 36.7. The largest absolute Gasteiger partial charge is 0.507 e. The van der Waals surface area contributed by atoms with Crippen molar-refractivity contribution in [1.82, 2.24) is 0 Å². The van der Waals surface area contributed by atoms with Gasteiger partial charge in [-0.3, -0.25) is 4.79 Å². The number of Topliss-reactive ketones (excluding diaryl/α,β-unsaturated/α-hetero) is 1. The summed E-state index contributed by atoms with van der Waals surface area (Å²) in [5, 5.41) is 8.39. The van der Waals surface area contributed by atoms with Crippen LogP contribution in [0.3, 0.4) is 0 Å². The fraction of sp³-hybridized carbons (Fsp3) is 0.300. The second-order valence-corrected chi connectivity index (χ2v) is 3.86. The molecular formula is C10H8ClF3O2. The number of carbonyl (C=O) groups is 1. The van der Waals surface area contributed by atoms with Crippen molar-refractivity contribution in [1.29, 1.82) is 0 Å². The zero-order chi connectivity index (χ0) is 12.5. The van der Waals surface area contributed by atoms with Gasteiger partial charge in [-0.05, 0) is 25.1 Å². The number of carbonyl (C=O) groups excluding carboxylic acids is 1. The molecule has 0 aliphatic rings. The van der Waals surface area contributed by atoms with Gasteiger partial charge < -0.3 is 5.11 Å². The Kier molecular flexibility index (Phi) is 3.48. The molecule has 88 valence electrons. The van der Waals surface area contributed by atoms with Crippen LogP contribution in [0.4, 0.5) is 13.2 Å². The molecule has 1 aromatic rings. The van der Waals surface area contributed by atoms with E-state index < -0.39 is 28.6 Å². The van der Waals surface area contributed by atoms with Crippen LogP contribution in [-0.4, -0.2) is 16.3 Å². The number of hydrogen-bond donors (Lipinski definition) is 1. The van der Waals surface area contributed by atoms with E-state index >= 15 is 0 Å². The minimum Gasteiger partial charge on any atom is -0.507 e. The van der Waals surface area contributed by atoms with Gasteiger partial charge in [0.05, 0.1) is 16.5 Å². The molecule has 0 heterocycles. The molecule has 0 saturated carbocycles. The van der Waals surface area contributed by atoms with Gasteiger partial charge in [0.1, 0.15) is 5.75 Å². The molecule has 0 bridgehead atoms. The maximum absolute atomic E-state index is 12.2. The lowest BCUT2D eigenvalue weighted by Crippen LogP contribution is -2.12. The van der Waals surface area contributed by atoms with Gasteiger partial charge in [-0.1, -0.05) is 0 Å². The summed E-state index contributed by atoms with van der Waals surface area (Å²) in [7, 11) is 0. The first-order chi connectivity index (χ1) is 7.23. The smallest absolute Gasteiger partial charge is 0.416 e. The van der Waals surface area contributed by atoms with Crippen molar-refractivity contribution in [3.8, 4) is 5.75 Å². The van der Waals surface area contributed by atoms with Crippen molar-refractivity contribution in [2.75, 3.05) is 0 Å².